The first-order valence-corrected chi connectivity index (χ1v) is 5.64. The highest BCUT2D eigenvalue weighted by molar-refractivity contribution is 7.13. The Morgan fingerprint density at radius 1 is 1.57 bits per heavy atom. The molecule has 0 fully saturated rings. The zero-order valence-corrected chi connectivity index (χ0v) is 9.52. The maximum atomic E-state index is 10.9. The summed E-state index contributed by atoms with van der Waals surface area (Å²) in [6, 6.07) is 0. The van der Waals surface area contributed by atoms with Gasteiger partial charge in [-0.3, -0.25) is 0 Å². The minimum Gasteiger partial charge on any atom is -0.477 e. The Bertz CT molecular complexity index is 333. The first kappa shape index (κ1) is 11.2. The fourth-order valence-electron chi connectivity index (χ4n) is 1.16. The van der Waals surface area contributed by atoms with Crippen LogP contribution in [0.4, 0.5) is 0 Å². The first-order valence-electron chi connectivity index (χ1n) is 4.83. The van der Waals surface area contributed by atoms with Crippen molar-refractivity contribution in [2.75, 3.05) is 0 Å². The monoisotopic (exact) mass is 213 g/mol. The molecule has 0 amide bonds. The minimum atomic E-state index is -0.853. The first-order chi connectivity index (χ1) is 6.60. The van der Waals surface area contributed by atoms with Gasteiger partial charge in [0.15, 0.2) is 0 Å². The maximum absolute atomic E-state index is 10.9. The molecular weight excluding hydrogens is 198 g/mol. The molecule has 1 N–H and O–H groups in total. The SMILES string of the molecule is CCc1nc(C(C)CC)sc1C(=O)O. The summed E-state index contributed by atoms with van der Waals surface area (Å²) in [5.41, 5.74) is 0.720. The number of carbonyl (C=O) groups is 1. The van der Waals surface area contributed by atoms with Crippen LogP contribution in [0.1, 0.15) is 53.5 Å². The van der Waals surface area contributed by atoms with E-state index in [2.05, 4.69) is 18.8 Å². The Labute approximate surface area is 87.8 Å². The number of hydrogen-bond acceptors (Lipinski definition) is 3. The van der Waals surface area contributed by atoms with E-state index in [0.29, 0.717) is 17.2 Å². The van der Waals surface area contributed by atoms with Crippen molar-refractivity contribution in [3.05, 3.63) is 15.6 Å². The second kappa shape index (κ2) is 4.55. The highest BCUT2D eigenvalue weighted by Crippen LogP contribution is 2.27. The van der Waals surface area contributed by atoms with E-state index in [4.69, 9.17) is 5.11 Å². The molecule has 0 saturated carbocycles. The number of carboxylic acid groups (broad SMARTS) is 1. The molecule has 0 aliphatic carbocycles. The maximum Gasteiger partial charge on any atom is 0.347 e. The molecule has 1 atom stereocenters. The van der Waals surface area contributed by atoms with Gasteiger partial charge in [0.25, 0.3) is 0 Å². The van der Waals surface area contributed by atoms with Gasteiger partial charge in [-0.25, -0.2) is 9.78 Å². The Morgan fingerprint density at radius 3 is 2.57 bits per heavy atom. The number of nitrogens with zero attached hydrogens (tertiary/aromatic N) is 1. The summed E-state index contributed by atoms with van der Waals surface area (Å²) in [6.45, 7) is 6.09. The van der Waals surface area contributed by atoms with Crippen LogP contribution in [0.3, 0.4) is 0 Å². The van der Waals surface area contributed by atoms with Crippen molar-refractivity contribution in [1.29, 1.82) is 0 Å². The summed E-state index contributed by atoms with van der Waals surface area (Å²) < 4.78 is 0. The Morgan fingerprint density at radius 2 is 2.21 bits per heavy atom. The van der Waals surface area contributed by atoms with Crippen molar-refractivity contribution < 1.29 is 9.90 Å². The third-order valence-corrected chi connectivity index (χ3v) is 3.59. The molecule has 78 valence electrons. The van der Waals surface area contributed by atoms with Crippen LogP contribution in [-0.2, 0) is 6.42 Å². The van der Waals surface area contributed by atoms with Crippen molar-refractivity contribution in [1.82, 2.24) is 4.98 Å². The lowest BCUT2D eigenvalue weighted by Crippen LogP contribution is -1.97. The average Bonchev–Trinajstić information content (AvgIpc) is 2.60. The number of rotatable bonds is 4. The van der Waals surface area contributed by atoms with E-state index in [1.54, 1.807) is 0 Å². The van der Waals surface area contributed by atoms with Gasteiger partial charge in [-0.2, -0.15) is 0 Å². The fourth-order valence-corrected chi connectivity index (χ4v) is 2.29. The van der Waals surface area contributed by atoms with Gasteiger partial charge in [0.05, 0.1) is 10.7 Å². The third kappa shape index (κ3) is 2.12. The molecule has 14 heavy (non-hydrogen) atoms. The number of thiazole rings is 1. The zero-order valence-electron chi connectivity index (χ0n) is 8.70. The molecule has 1 heterocycles. The van der Waals surface area contributed by atoms with Crippen LogP contribution in [0, 0.1) is 0 Å². The molecule has 0 spiro atoms. The van der Waals surface area contributed by atoms with Gasteiger partial charge in [-0.15, -0.1) is 11.3 Å². The number of aryl methyl sites for hydroxylation is 1. The normalized spacial score (nSPS) is 12.8. The second-order valence-corrected chi connectivity index (χ2v) is 4.33. The molecule has 0 aliphatic heterocycles. The molecule has 1 aromatic rings. The molecule has 4 heteroatoms. The molecule has 0 aromatic carbocycles. The molecule has 0 radical (unpaired) electrons. The van der Waals surface area contributed by atoms with Crippen LogP contribution in [0.15, 0.2) is 0 Å². The lowest BCUT2D eigenvalue weighted by molar-refractivity contribution is 0.0701. The summed E-state index contributed by atoms with van der Waals surface area (Å²) in [6.07, 6.45) is 1.68. The molecule has 0 saturated heterocycles. The summed E-state index contributed by atoms with van der Waals surface area (Å²) in [5, 5.41) is 9.88. The van der Waals surface area contributed by atoms with Gasteiger partial charge >= 0.3 is 5.97 Å². The van der Waals surface area contributed by atoms with Gasteiger partial charge in [0.1, 0.15) is 4.88 Å². The predicted molar refractivity (Wildman–Crippen MR) is 57.2 cm³/mol. The number of carboxylic acids is 1. The van der Waals surface area contributed by atoms with Crippen molar-refractivity contribution in [3.8, 4) is 0 Å². The van der Waals surface area contributed by atoms with Crippen LogP contribution in [-0.4, -0.2) is 16.1 Å². The molecule has 1 rings (SSSR count). The van der Waals surface area contributed by atoms with Gasteiger partial charge in [-0.05, 0) is 12.8 Å². The van der Waals surface area contributed by atoms with Crippen molar-refractivity contribution >= 4 is 17.3 Å². The number of aromatic carboxylic acids is 1. The van der Waals surface area contributed by atoms with Gasteiger partial charge in [0.2, 0.25) is 0 Å². The molecule has 3 nitrogen and oxygen atoms in total. The summed E-state index contributed by atoms with van der Waals surface area (Å²) in [5.74, 6) is -0.493. The Balaban J connectivity index is 3.06. The number of aromatic nitrogens is 1. The van der Waals surface area contributed by atoms with Gasteiger partial charge in [-0.1, -0.05) is 20.8 Å². The molecule has 1 aromatic heterocycles. The highest BCUT2D eigenvalue weighted by Gasteiger charge is 2.18. The molecular formula is C10H15NO2S. The molecule has 0 aliphatic rings. The van der Waals surface area contributed by atoms with E-state index in [0.717, 1.165) is 17.1 Å². The van der Waals surface area contributed by atoms with Gasteiger partial charge in [0, 0.05) is 5.92 Å². The van der Waals surface area contributed by atoms with Crippen LogP contribution < -0.4 is 0 Å². The van der Waals surface area contributed by atoms with Crippen LogP contribution in [0.2, 0.25) is 0 Å². The van der Waals surface area contributed by atoms with E-state index in [-0.39, 0.29) is 0 Å². The standard InChI is InChI=1S/C10H15NO2S/c1-4-6(3)9-11-7(5-2)8(14-9)10(12)13/h6H,4-5H2,1-3H3,(H,12,13). The van der Waals surface area contributed by atoms with E-state index >= 15 is 0 Å². The quantitative estimate of drug-likeness (QED) is 0.836. The lowest BCUT2D eigenvalue weighted by atomic mass is 10.1. The zero-order chi connectivity index (χ0) is 10.7. The summed E-state index contributed by atoms with van der Waals surface area (Å²) >= 11 is 1.31. The van der Waals surface area contributed by atoms with Crippen molar-refractivity contribution in [2.45, 2.75) is 39.5 Å². The van der Waals surface area contributed by atoms with Crippen LogP contribution in [0.5, 0.6) is 0 Å². The summed E-state index contributed by atoms with van der Waals surface area (Å²) in [4.78, 5) is 15.6. The smallest absolute Gasteiger partial charge is 0.347 e. The molecule has 1 unspecified atom stereocenters. The van der Waals surface area contributed by atoms with Crippen LogP contribution >= 0.6 is 11.3 Å². The molecule has 0 bridgehead atoms. The largest absolute Gasteiger partial charge is 0.477 e. The highest BCUT2D eigenvalue weighted by atomic mass is 32.1. The second-order valence-electron chi connectivity index (χ2n) is 3.30. The minimum absolute atomic E-state index is 0.360. The summed E-state index contributed by atoms with van der Waals surface area (Å²) in [7, 11) is 0. The van der Waals surface area contributed by atoms with E-state index in [1.807, 2.05) is 6.92 Å². The topological polar surface area (TPSA) is 50.2 Å². The van der Waals surface area contributed by atoms with Crippen molar-refractivity contribution in [2.24, 2.45) is 0 Å². The Kier molecular flexibility index (Phi) is 3.63. The number of hydrogen-bond donors (Lipinski definition) is 1. The fraction of sp³-hybridized carbons (Fsp3) is 0.600. The predicted octanol–water partition coefficient (Wildman–Crippen LogP) is 2.92. The average molecular weight is 213 g/mol. The van der Waals surface area contributed by atoms with Crippen molar-refractivity contribution in [3.63, 3.8) is 0 Å². The third-order valence-electron chi connectivity index (χ3n) is 2.28. The van der Waals surface area contributed by atoms with Crippen LogP contribution in [0.25, 0.3) is 0 Å². The van der Waals surface area contributed by atoms with E-state index in [9.17, 15) is 4.79 Å². The van der Waals surface area contributed by atoms with Gasteiger partial charge < -0.3 is 5.11 Å². The lowest BCUT2D eigenvalue weighted by Gasteiger charge is -2.01. The van der Waals surface area contributed by atoms with E-state index in [1.165, 1.54) is 11.3 Å². The Hall–Kier alpha value is -0.900. The van der Waals surface area contributed by atoms with E-state index < -0.39 is 5.97 Å².